The van der Waals surface area contributed by atoms with Crippen molar-refractivity contribution in [2.24, 2.45) is 11.6 Å². The summed E-state index contributed by atoms with van der Waals surface area (Å²) in [5, 5.41) is 5.98. The van der Waals surface area contributed by atoms with Crippen molar-refractivity contribution in [3.8, 4) is 5.75 Å². The Kier molecular flexibility index (Phi) is 14.5. The second-order valence-electron chi connectivity index (χ2n) is 7.17. The van der Waals surface area contributed by atoms with Crippen molar-refractivity contribution in [2.45, 2.75) is 60.0 Å². The van der Waals surface area contributed by atoms with Gasteiger partial charge >= 0.3 is 0 Å². The van der Waals surface area contributed by atoms with Crippen molar-refractivity contribution in [3.63, 3.8) is 0 Å². The molecule has 0 spiro atoms. The van der Waals surface area contributed by atoms with Crippen molar-refractivity contribution in [1.29, 1.82) is 0 Å². The van der Waals surface area contributed by atoms with E-state index in [1.165, 1.54) is 41.7 Å². The summed E-state index contributed by atoms with van der Waals surface area (Å²) >= 11 is 0. The molecule has 0 bridgehead atoms. The van der Waals surface area contributed by atoms with E-state index in [1.807, 2.05) is 13.8 Å². The van der Waals surface area contributed by atoms with Crippen LogP contribution in [0.3, 0.4) is 0 Å². The number of hydrogen-bond acceptors (Lipinski definition) is 4. The molecule has 31 heavy (non-hydrogen) atoms. The monoisotopic (exact) mass is 500 g/mol. The topological polar surface area (TPSA) is 102 Å². The fourth-order valence-corrected chi connectivity index (χ4v) is 2.64. The molecule has 0 heterocycles. The number of allylic oxidation sites excluding steroid dienone is 1. The molecule has 6 nitrogen and oxygen atoms in total. The fraction of sp³-hybridized carbons (Fsp3) is 0.417. The Balaban J connectivity index is 0.000000525. The van der Waals surface area contributed by atoms with Crippen molar-refractivity contribution >= 4 is 11.4 Å². The molecule has 0 saturated heterocycles. The number of ether oxygens (including phenoxy) is 1. The van der Waals surface area contributed by atoms with Gasteiger partial charge in [0.25, 0.3) is 0 Å². The quantitative estimate of drug-likeness (QED) is 0.362. The zero-order valence-corrected chi connectivity index (χ0v) is 22.6. The number of methoxy groups -OCH3 is 1. The Labute approximate surface area is 213 Å². The summed E-state index contributed by atoms with van der Waals surface area (Å²) in [4.78, 5) is 0. The predicted octanol–water partition coefficient (Wildman–Crippen LogP) is 6.24. The van der Waals surface area contributed by atoms with Crippen molar-refractivity contribution in [2.75, 3.05) is 12.1 Å². The molecule has 1 fully saturated rings. The van der Waals surface area contributed by atoms with Gasteiger partial charge in [-0.15, -0.1) is 18.3 Å². The summed E-state index contributed by atoms with van der Waals surface area (Å²) in [6, 6.07) is 12.2. The number of hydrazine groups is 1. The first kappa shape index (κ1) is 29.4. The molecule has 0 amide bonds. The minimum absolute atomic E-state index is 0. The molecule has 1 aliphatic carbocycles. The molecule has 2 aromatic carbocycles. The van der Waals surface area contributed by atoms with Crippen molar-refractivity contribution < 1.29 is 37.4 Å². The number of nitrogens with two attached hydrogens (primary N) is 2. The Morgan fingerprint density at radius 2 is 1.84 bits per heavy atom. The van der Waals surface area contributed by atoms with Gasteiger partial charge in [0.2, 0.25) is 0 Å². The number of rotatable bonds is 6. The van der Waals surface area contributed by atoms with E-state index in [-0.39, 0.29) is 32.7 Å². The largest absolute Gasteiger partial charge is 0.699 e. The van der Waals surface area contributed by atoms with E-state index in [1.54, 1.807) is 31.3 Å². The molecule has 0 aromatic heterocycles. The van der Waals surface area contributed by atoms with Crippen LogP contribution in [0.25, 0.3) is 11.1 Å². The van der Waals surface area contributed by atoms with Gasteiger partial charge in [-0.05, 0) is 38.5 Å². The maximum atomic E-state index is 7.44. The number of nitrogens with one attached hydrogen (secondary N) is 1. The van der Waals surface area contributed by atoms with Crippen LogP contribution in [0.5, 0.6) is 5.75 Å². The van der Waals surface area contributed by atoms with Gasteiger partial charge in [0.15, 0.2) is 0 Å². The van der Waals surface area contributed by atoms with E-state index < -0.39 is 0 Å². The van der Waals surface area contributed by atoms with Gasteiger partial charge in [0.1, 0.15) is 5.75 Å². The molecule has 0 unspecified atom stereocenters. The molecule has 3 rings (SSSR count). The molecule has 0 atom stereocenters. The van der Waals surface area contributed by atoms with Crippen LogP contribution in [-0.4, -0.2) is 13.2 Å². The first-order valence-corrected chi connectivity index (χ1v) is 10.4. The SMILES string of the molecule is CC.COc1cc([NH-])ccc1N(N)/C=C(/C)N.Cc1ccc(C)c(C[N-]C2CC2)c1.[Y]. The summed E-state index contributed by atoms with van der Waals surface area (Å²) in [6.07, 6.45) is 4.21. The normalized spacial score (nSPS) is 12.4. The molecule has 169 valence electrons. The summed E-state index contributed by atoms with van der Waals surface area (Å²) < 4.78 is 5.12. The average molecular weight is 501 g/mol. The minimum atomic E-state index is 0. The van der Waals surface area contributed by atoms with Crippen molar-refractivity contribution in [3.05, 3.63) is 76.0 Å². The molecule has 2 aromatic rings. The molecule has 7 heteroatoms. The predicted molar refractivity (Wildman–Crippen MR) is 129 cm³/mol. The van der Waals surface area contributed by atoms with Crippen molar-refractivity contribution in [1.82, 2.24) is 0 Å². The number of hydrogen-bond donors (Lipinski definition) is 2. The number of anilines is 1. The zero-order valence-electron chi connectivity index (χ0n) is 19.8. The van der Waals surface area contributed by atoms with Crippen LogP contribution < -0.4 is 21.3 Å². The maximum absolute atomic E-state index is 7.44. The maximum Gasteiger partial charge on any atom is 0.142 e. The third-order valence-electron chi connectivity index (χ3n) is 4.37. The van der Waals surface area contributed by atoms with Gasteiger partial charge in [-0.1, -0.05) is 62.1 Å². The van der Waals surface area contributed by atoms with Crippen LogP contribution in [0.2, 0.25) is 0 Å². The van der Waals surface area contributed by atoms with Gasteiger partial charge in [-0.3, -0.25) is 5.01 Å². The van der Waals surface area contributed by atoms with Gasteiger partial charge < -0.3 is 21.5 Å². The first-order valence-electron chi connectivity index (χ1n) is 10.4. The minimum Gasteiger partial charge on any atom is -0.699 e. The standard InChI is InChI=1S/C12H16N.C10H15N4O.C2H6.Y/c1-9-3-4-10(2)11(7-9)8-13-12-5-6-12;1-7(11)6-14(13)9-4-3-8(12)5-10(9)15-2;1-2;/h3-4,7,12H,5-6,8H2,1-2H3;3-6,12H,11,13H2,1-2H3;1-2H3;/q2*-1;;/b;7-6-;;. The summed E-state index contributed by atoms with van der Waals surface area (Å²) in [7, 11) is 1.53. The Morgan fingerprint density at radius 3 is 2.39 bits per heavy atom. The van der Waals surface area contributed by atoms with E-state index in [2.05, 4.69) is 37.4 Å². The van der Waals surface area contributed by atoms with Gasteiger partial charge in [-0.2, -0.15) is 0 Å². The van der Waals surface area contributed by atoms with Crippen LogP contribution >= 0.6 is 0 Å². The van der Waals surface area contributed by atoms with E-state index in [4.69, 9.17) is 22.0 Å². The second kappa shape index (κ2) is 15.2. The Bertz CT molecular complexity index is 818. The average Bonchev–Trinajstić information content (AvgIpc) is 3.54. The molecule has 5 N–H and O–H groups in total. The fourth-order valence-electron chi connectivity index (χ4n) is 2.64. The summed E-state index contributed by atoms with van der Waals surface area (Å²) in [5.74, 6) is 6.30. The summed E-state index contributed by atoms with van der Waals surface area (Å²) in [6.45, 7) is 11.0. The number of nitrogens with zero attached hydrogens (tertiary/aromatic N) is 2. The van der Waals surface area contributed by atoms with Crippen LogP contribution in [0.1, 0.15) is 50.3 Å². The first-order chi connectivity index (χ1) is 14.3. The number of aryl methyl sites for hydroxylation is 2. The molecule has 0 aliphatic heterocycles. The van der Waals surface area contributed by atoms with E-state index in [0.29, 0.717) is 28.9 Å². The van der Waals surface area contributed by atoms with Crippen LogP contribution in [0.4, 0.5) is 11.4 Å². The van der Waals surface area contributed by atoms with Gasteiger partial charge in [0.05, 0.1) is 12.8 Å². The third-order valence-corrected chi connectivity index (χ3v) is 4.37. The van der Waals surface area contributed by atoms with Gasteiger partial charge in [-0.25, -0.2) is 5.84 Å². The summed E-state index contributed by atoms with van der Waals surface area (Å²) in [5.41, 5.74) is 18.7. The third kappa shape index (κ3) is 11.0. The Morgan fingerprint density at radius 1 is 1.19 bits per heavy atom. The van der Waals surface area contributed by atoms with Crippen LogP contribution in [-0.2, 0) is 39.3 Å². The molecule has 1 radical (unpaired) electrons. The molecular formula is C24H37N5OY-2. The Hall–Kier alpha value is -1.60. The zero-order chi connectivity index (χ0) is 22.7. The second-order valence-corrected chi connectivity index (χ2v) is 7.17. The molecular weight excluding hydrogens is 463 g/mol. The van der Waals surface area contributed by atoms with E-state index >= 15 is 0 Å². The number of benzene rings is 2. The van der Waals surface area contributed by atoms with Crippen LogP contribution in [0.15, 0.2) is 48.3 Å². The smallest absolute Gasteiger partial charge is 0.142 e. The van der Waals surface area contributed by atoms with Crippen LogP contribution in [0, 0.1) is 13.8 Å². The molecule has 1 aliphatic rings. The van der Waals surface area contributed by atoms with E-state index in [0.717, 1.165) is 6.54 Å². The molecule has 1 saturated carbocycles. The van der Waals surface area contributed by atoms with Gasteiger partial charge in [0, 0.05) is 44.6 Å². The van der Waals surface area contributed by atoms with E-state index in [9.17, 15) is 0 Å².